The van der Waals surface area contributed by atoms with E-state index in [1.165, 1.54) is 0 Å². The van der Waals surface area contributed by atoms with Crippen LogP contribution in [-0.2, 0) is 0 Å². The van der Waals surface area contributed by atoms with Crippen LogP contribution < -0.4 is 5.32 Å². The summed E-state index contributed by atoms with van der Waals surface area (Å²) in [5, 5.41) is 22.0. The molecule has 0 heterocycles. The highest BCUT2D eigenvalue weighted by Gasteiger charge is 2.25. The maximum absolute atomic E-state index is 9.71. The van der Waals surface area contributed by atoms with Gasteiger partial charge in [0.25, 0.3) is 0 Å². The highest BCUT2D eigenvalue weighted by molar-refractivity contribution is 9.10. The minimum absolute atomic E-state index is 0.0771. The van der Waals surface area contributed by atoms with Gasteiger partial charge in [0.05, 0.1) is 23.4 Å². The smallest absolute Gasteiger partial charge is 0.101 e. The number of aliphatic hydroxyl groups excluding tert-OH is 1. The van der Waals surface area contributed by atoms with E-state index < -0.39 is 0 Å². The standard InChI is InChI=1S/C12H13BrN2O/c13-9-4-5-10(8(6-9)7-14)15-11-2-1-3-12(11)16/h4-6,11-12,15-16H,1-3H2/t11-,12-/m0/s1. The van der Waals surface area contributed by atoms with Crippen molar-refractivity contribution in [3.8, 4) is 6.07 Å². The highest BCUT2D eigenvalue weighted by Crippen LogP contribution is 2.26. The molecule has 3 nitrogen and oxygen atoms in total. The molecule has 0 aliphatic heterocycles. The van der Waals surface area contributed by atoms with Gasteiger partial charge < -0.3 is 10.4 Å². The van der Waals surface area contributed by atoms with Gasteiger partial charge in [0.1, 0.15) is 6.07 Å². The summed E-state index contributed by atoms with van der Waals surface area (Å²) >= 11 is 3.33. The number of rotatable bonds is 2. The van der Waals surface area contributed by atoms with Gasteiger partial charge in [-0.1, -0.05) is 15.9 Å². The monoisotopic (exact) mass is 280 g/mol. The molecule has 16 heavy (non-hydrogen) atoms. The molecular weight excluding hydrogens is 268 g/mol. The predicted molar refractivity (Wildman–Crippen MR) is 66.1 cm³/mol. The summed E-state index contributed by atoms with van der Waals surface area (Å²) in [5.74, 6) is 0. The highest BCUT2D eigenvalue weighted by atomic mass is 79.9. The number of nitrogens with zero attached hydrogens (tertiary/aromatic N) is 1. The second kappa shape index (κ2) is 4.86. The van der Waals surface area contributed by atoms with Gasteiger partial charge in [-0.05, 0) is 37.5 Å². The van der Waals surface area contributed by atoms with Crippen LogP contribution in [0, 0.1) is 11.3 Å². The second-order valence-corrected chi connectivity index (χ2v) is 4.97. The Morgan fingerprint density at radius 1 is 1.44 bits per heavy atom. The van der Waals surface area contributed by atoms with Crippen molar-refractivity contribution in [3.63, 3.8) is 0 Å². The molecule has 0 saturated heterocycles. The molecule has 2 N–H and O–H groups in total. The quantitative estimate of drug-likeness (QED) is 0.876. The molecule has 0 unspecified atom stereocenters. The molecule has 4 heteroatoms. The van der Waals surface area contributed by atoms with Crippen molar-refractivity contribution in [2.75, 3.05) is 5.32 Å². The molecule has 2 atom stereocenters. The Bertz CT molecular complexity index is 428. The van der Waals surface area contributed by atoms with E-state index in [2.05, 4.69) is 27.3 Å². The van der Waals surface area contributed by atoms with Gasteiger partial charge in [-0.2, -0.15) is 5.26 Å². The van der Waals surface area contributed by atoms with Crippen molar-refractivity contribution in [1.29, 1.82) is 5.26 Å². The third-order valence-electron chi connectivity index (χ3n) is 2.92. The lowest BCUT2D eigenvalue weighted by Gasteiger charge is -2.18. The summed E-state index contributed by atoms with van der Waals surface area (Å²) in [6.07, 6.45) is 2.55. The van der Waals surface area contributed by atoms with E-state index in [0.29, 0.717) is 5.56 Å². The topological polar surface area (TPSA) is 56.0 Å². The molecule has 1 aromatic carbocycles. The first-order chi connectivity index (χ1) is 7.70. The van der Waals surface area contributed by atoms with Crippen molar-refractivity contribution >= 4 is 21.6 Å². The molecule has 0 bridgehead atoms. The van der Waals surface area contributed by atoms with Crippen LogP contribution in [0.15, 0.2) is 22.7 Å². The van der Waals surface area contributed by atoms with Crippen LogP contribution in [0.3, 0.4) is 0 Å². The number of aliphatic hydroxyl groups is 1. The van der Waals surface area contributed by atoms with Crippen LogP contribution >= 0.6 is 15.9 Å². The molecule has 84 valence electrons. The SMILES string of the molecule is N#Cc1cc(Br)ccc1N[C@H]1CCC[C@@H]1O. The van der Waals surface area contributed by atoms with Crippen LogP contribution in [0.25, 0.3) is 0 Å². The van der Waals surface area contributed by atoms with Crippen LogP contribution in [0.1, 0.15) is 24.8 Å². The molecule has 1 aliphatic carbocycles. The molecule has 2 rings (SSSR count). The van der Waals surface area contributed by atoms with Gasteiger partial charge >= 0.3 is 0 Å². The Labute approximate surface area is 103 Å². The lowest BCUT2D eigenvalue weighted by atomic mass is 10.1. The fourth-order valence-corrected chi connectivity index (χ4v) is 2.40. The van der Waals surface area contributed by atoms with Crippen LogP contribution in [0.5, 0.6) is 0 Å². The molecule has 0 radical (unpaired) electrons. The van der Waals surface area contributed by atoms with Crippen LogP contribution in [0.2, 0.25) is 0 Å². The minimum Gasteiger partial charge on any atom is -0.391 e. The maximum atomic E-state index is 9.71. The average Bonchev–Trinajstić information content (AvgIpc) is 2.67. The Kier molecular flexibility index (Phi) is 3.47. The van der Waals surface area contributed by atoms with E-state index in [-0.39, 0.29) is 12.1 Å². The second-order valence-electron chi connectivity index (χ2n) is 4.05. The van der Waals surface area contributed by atoms with Crippen molar-refractivity contribution in [1.82, 2.24) is 0 Å². The summed E-state index contributed by atoms with van der Waals surface area (Å²) in [4.78, 5) is 0. The van der Waals surface area contributed by atoms with E-state index in [1.54, 1.807) is 6.07 Å². The van der Waals surface area contributed by atoms with Gasteiger partial charge in [-0.3, -0.25) is 0 Å². The summed E-state index contributed by atoms with van der Waals surface area (Å²) in [7, 11) is 0. The predicted octanol–water partition coefficient (Wildman–Crippen LogP) is 2.65. The van der Waals surface area contributed by atoms with Crippen molar-refractivity contribution in [2.24, 2.45) is 0 Å². The van der Waals surface area contributed by atoms with Crippen molar-refractivity contribution < 1.29 is 5.11 Å². The van der Waals surface area contributed by atoms with Gasteiger partial charge in [0.15, 0.2) is 0 Å². The third-order valence-corrected chi connectivity index (χ3v) is 3.42. The van der Waals surface area contributed by atoms with E-state index in [4.69, 9.17) is 5.26 Å². The summed E-state index contributed by atoms with van der Waals surface area (Å²) in [5.41, 5.74) is 1.41. The number of halogens is 1. The van der Waals surface area contributed by atoms with Crippen molar-refractivity contribution in [2.45, 2.75) is 31.4 Å². The summed E-state index contributed by atoms with van der Waals surface area (Å²) < 4.78 is 0.890. The number of nitrogens with one attached hydrogen (secondary N) is 1. The molecule has 0 amide bonds. The molecule has 0 spiro atoms. The zero-order valence-corrected chi connectivity index (χ0v) is 10.4. The van der Waals surface area contributed by atoms with Crippen molar-refractivity contribution in [3.05, 3.63) is 28.2 Å². The van der Waals surface area contributed by atoms with E-state index >= 15 is 0 Å². The molecule has 1 aromatic rings. The van der Waals surface area contributed by atoms with Gasteiger partial charge in [0, 0.05) is 4.47 Å². The number of hydrogen-bond donors (Lipinski definition) is 2. The first kappa shape index (κ1) is 11.4. The van der Waals surface area contributed by atoms with E-state index in [0.717, 1.165) is 29.4 Å². The molecular formula is C12H13BrN2O. The largest absolute Gasteiger partial charge is 0.391 e. The summed E-state index contributed by atoms with van der Waals surface area (Å²) in [6.45, 7) is 0. The Morgan fingerprint density at radius 2 is 2.25 bits per heavy atom. The van der Waals surface area contributed by atoms with Gasteiger partial charge in [-0.25, -0.2) is 0 Å². The van der Waals surface area contributed by atoms with Crippen LogP contribution in [0.4, 0.5) is 5.69 Å². The number of hydrogen-bond acceptors (Lipinski definition) is 3. The first-order valence-corrected chi connectivity index (χ1v) is 6.14. The average molecular weight is 281 g/mol. The molecule has 1 saturated carbocycles. The Hall–Kier alpha value is -1.05. The molecule has 0 aromatic heterocycles. The summed E-state index contributed by atoms with van der Waals surface area (Å²) in [6, 6.07) is 7.77. The molecule has 1 fully saturated rings. The number of anilines is 1. The van der Waals surface area contributed by atoms with E-state index in [1.807, 2.05) is 12.1 Å². The van der Waals surface area contributed by atoms with Gasteiger partial charge in [-0.15, -0.1) is 0 Å². The Morgan fingerprint density at radius 3 is 2.88 bits per heavy atom. The maximum Gasteiger partial charge on any atom is 0.101 e. The van der Waals surface area contributed by atoms with Gasteiger partial charge in [0.2, 0.25) is 0 Å². The first-order valence-electron chi connectivity index (χ1n) is 5.35. The fraction of sp³-hybridized carbons (Fsp3) is 0.417. The lowest BCUT2D eigenvalue weighted by Crippen LogP contribution is -2.28. The molecule has 1 aliphatic rings. The lowest BCUT2D eigenvalue weighted by molar-refractivity contribution is 0.172. The zero-order valence-electron chi connectivity index (χ0n) is 8.78. The number of benzene rings is 1. The fourth-order valence-electron chi connectivity index (χ4n) is 2.04. The van der Waals surface area contributed by atoms with Crippen LogP contribution in [-0.4, -0.2) is 17.3 Å². The third kappa shape index (κ3) is 2.37. The van der Waals surface area contributed by atoms with E-state index in [9.17, 15) is 5.11 Å². The minimum atomic E-state index is -0.296. The zero-order chi connectivity index (χ0) is 11.5. The Balaban J connectivity index is 2.18. The normalized spacial score (nSPS) is 24.1. The number of nitriles is 1.